The van der Waals surface area contributed by atoms with E-state index in [0.29, 0.717) is 30.6 Å². The van der Waals surface area contributed by atoms with Crippen LogP contribution in [0.3, 0.4) is 0 Å². The standard InChI is InChI=1S/C23H31NO6/c1-5-28-22(26)29-13-24(3)11-10-23-16-7-8-17(25)21(23)30-20-18(27-4)9-6-15(19(20)23)12-14(16)2/h6,9,14,16,21H,5,7-8,10-13H2,1-4H3/t14?,16-,21-,23-/m0/s1. The van der Waals surface area contributed by atoms with E-state index in [-0.39, 0.29) is 24.5 Å². The van der Waals surface area contributed by atoms with Gasteiger partial charge in [-0.25, -0.2) is 4.79 Å². The normalized spacial score (nSPS) is 28.7. The number of hydrogen-bond donors (Lipinski definition) is 0. The first kappa shape index (κ1) is 21.0. The van der Waals surface area contributed by atoms with E-state index in [1.54, 1.807) is 14.0 Å². The molecule has 0 radical (unpaired) electrons. The monoisotopic (exact) mass is 417 g/mol. The van der Waals surface area contributed by atoms with E-state index in [2.05, 4.69) is 13.0 Å². The van der Waals surface area contributed by atoms with Crippen LogP contribution in [0.4, 0.5) is 4.79 Å². The number of rotatable bonds is 7. The van der Waals surface area contributed by atoms with Crippen molar-refractivity contribution in [3.05, 3.63) is 23.3 Å². The summed E-state index contributed by atoms with van der Waals surface area (Å²) in [6, 6.07) is 4.08. The summed E-state index contributed by atoms with van der Waals surface area (Å²) in [5.41, 5.74) is 2.07. The minimum atomic E-state index is -0.664. The number of Topliss-reactive ketones (excluding diaryl/α,β-unsaturated/α-hetero) is 1. The Labute approximate surface area is 177 Å². The Bertz CT molecular complexity index is 839. The van der Waals surface area contributed by atoms with Crippen molar-refractivity contribution in [2.75, 3.05) is 34.0 Å². The molecule has 0 saturated heterocycles. The zero-order valence-corrected chi connectivity index (χ0v) is 18.2. The molecule has 4 atom stereocenters. The molecule has 0 amide bonds. The third-order valence-corrected chi connectivity index (χ3v) is 7.05. The van der Waals surface area contributed by atoms with Crippen LogP contribution in [-0.4, -0.2) is 57.0 Å². The largest absolute Gasteiger partial charge is 0.509 e. The smallest absolute Gasteiger partial charge is 0.493 e. The SMILES string of the molecule is CCOC(=O)OCN(C)CC[C@]12c3c4ccc(OC)c3O[C@H]1C(=O)CC[C@H]2C(C)C4. The van der Waals surface area contributed by atoms with Gasteiger partial charge in [0.1, 0.15) is 6.73 Å². The molecule has 7 nitrogen and oxygen atoms in total. The minimum Gasteiger partial charge on any atom is -0.493 e. The molecule has 1 fully saturated rings. The number of ketones is 1. The van der Waals surface area contributed by atoms with Gasteiger partial charge in [-0.3, -0.25) is 9.69 Å². The number of ether oxygens (including phenoxy) is 4. The number of nitrogens with zero attached hydrogens (tertiary/aromatic N) is 1. The van der Waals surface area contributed by atoms with Gasteiger partial charge in [-0.2, -0.15) is 0 Å². The van der Waals surface area contributed by atoms with Gasteiger partial charge in [0, 0.05) is 23.9 Å². The lowest BCUT2D eigenvalue weighted by molar-refractivity contribution is -0.135. The summed E-state index contributed by atoms with van der Waals surface area (Å²) in [6.07, 6.45) is 2.07. The third kappa shape index (κ3) is 3.23. The van der Waals surface area contributed by atoms with Gasteiger partial charge in [0.15, 0.2) is 23.4 Å². The first-order valence-corrected chi connectivity index (χ1v) is 10.8. The van der Waals surface area contributed by atoms with Crippen LogP contribution >= 0.6 is 0 Å². The van der Waals surface area contributed by atoms with Crippen molar-refractivity contribution in [1.82, 2.24) is 4.90 Å². The second-order valence-corrected chi connectivity index (χ2v) is 8.75. The molecule has 0 spiro atoms. The van der Waals surface area contributed by atoms with Crippen LogP contribution in [-0.2, 0) is 26.1 Å². The van der Waals surface area contributed by atoms with E-state index in [4.69, 9.17) is 18.9 Å². The number of benzene rings is 1. The summed E-state index contributed by atoms with van der Waals surface area (Å²) in [7, 11) is 3.55. The fraction of sp³-hybridized carbons (Fsp3) is 0.652. The molecule has 7 heteroatoms. The second kappa shape index (κ2) is 8.10. The molecule has 164 valence electrons. The highest BCUT2D eigenvalue weighted by atomic mass is 16.7. The summed E-state index contributed by atoms with van der Waals surface area (Å²) in [6.45, 7) is 5.14. The van der Waals surface area contributed by atoms with Crippen LogP contribution in [0.25, 0.3) is 0 Å². The summed E-state index contributed by atoms with van der Waals surface area (Å²) in [4.78, 5) is 26.5. The van der Waals surface area contributed by atoms with E-state index in [9.17, 15) is 9.59 Å². The quantitative estimate of drug-likeness (QED) is 0.498. The average molecular weight is 418 g/mol. The Balaban J connectivity index is 1.64. The maximum Gasteiger partial charge on any atom is 0.509 e. The molecule has 1 aliphatic heterocycles. The molecule has 1 heterocycles. The Morgan fingerprint density at radius 2 is 2.13 bits per heavy atom. The molecule has 1 unspecified atom stereocenters. The molecule has 0 bridgehead atoms. The zero-order chi connectivity index (χ0) is 21.5. The second-order valence-electron chi connectivity index (χ2n) is 8.75. The van der Waals surface area contributed by atoms with E-state index in [0.717, 1.165) is 25.0 Å². The summed E-state index contributed by atoms with van der Waals surface area (Å²) < 4.78 is 21.9. The van der Waals surface area contributed by atoms with Gasteiger partial charge in [-0.05, 0) is 56.7 Å². The van der Waals surface area contributed by atoms with Crippen LogP contribution in [0.5, 0.6) is 11.5 Å². The Morgan fingerprint density at radius 1 is 1.33 bits per heavy atom. The first-order chi connectivity index (χ1) is 14.4. The van der Waals surface area contributed by atoms with Crippen molar-refractivity contribution in [2.45, 2.75) is 51.0 Å². The molecule has 4 rings (SSSR count). The van der Waals surface area contributed by atoms with Crippen LogP contribution in [0, 0.1) is 11.8 Å². The molecule has 0 N–H and O–H groups in total. The number of methoxy groups -OCH3 is 1. The highest BCUT2D eigenvalue weighted by Crippen LogP contribution is 2.62. The fourth-order valence-electron chi connectivity index (χ4n) is 5.82. The molecular formula is C23H31NO6. The van der Waals surface area contributed by atoms with Gasteiger partial charge in [0.05, 0.1) is 13.7 Å². The maximum atomic E-state index is 13.0. The molecule has 1 aromatic rings. The third-order valence-electron chi connectivity index (χ3n) is 7.05. The van der Waals surface area contributed by atoms with Gasteiger partial charge in [0.25, 0.3) is 0 Å². The van der Waals surface area contributed by atoms with E-state index < -0.39 is 12.3 Å². The lowest BCUT2D eigenvalue weighted by Crippen LogP contribution is -2.57. The highest BCUT2D eigenvalue weighted by molar-refractivity contribution is 5.89. The Kier molecular flexibility index (Phi) is 5.66. The molecule has 30 heavy (non-hydrogen) atoms. The van der Waals surface area contributed by atoms with Crippen molar-refractivity contribution < 1.29 is 28.5 Å². The molecule has 3 aliphatic rings. The van der Waals surface area contributed by atoms with E-state index >= 15 is 0 Å². The van der Waals surface area contributed by atoms with Gasteiger partial charge in [-0.15, -0.1) is 0 Å². The first-order valence-electron chi connectivity index (χ1n) is 10.8. The molecule has 1 aromatic carbocycles. The van der Waals surface area contributed by atoms with Gasteiger partial charge in [-0.1, -0.05) is 13.0 Å². The van der Waals surface area contributed by atoms with Crippen LogP contribution in [0.1, 0.15) is 44.2 Å². The zero-order valence-electron chi connectivity index (χ0n) is 18.2. The molecule has 0 aromatic heterocycles. The summed E-state index contributed by atoms with van der Waals surface area (Å²) in [5, 5.41) is 0. The predicted octanol–water partition coefficient (Wildman–Crippen LogP) is 3.32. The fourth-order valence-corrected chi connectivity index (χ4v) is 5.82. The van der Waals surface area contributed by atoms with Crippen molar-refractivity contribution >= 4 is 11.9 Å². The van der Waals surface area contributed by atoms with Crippen LogP contribution in [0.15, 0.2) is 12.1 Å². The topological polar surface area (TPSA) is 74.3 Å². The van der Waals surface area contributed by atoms with E-state index in [1.807, 2.05) is 18.0 Å². The summed E-state index contributed by atoms with van der Waals surface area (Å²) in [5.74, 6) is 2.47. The van der Waals surface area contributed by atoms with E-state index in [1.165, 1.54) is 11.1 Å². The lowest BCUT2D eigenvalue weighted by Gasteiger charge is -2.50. The maximum absolute atomic E-state index is 13.0. The number of hydrogen-bond acceptors (Lipinski definition) is 7. The lowest BCUT2D eigenvalue weighted by atomic mass is 9.52. The highest BCUT2D eigenvalue weighted by Gasteiger charge is 2.62. The predicted molar refractivity (Wildman–Crippen MR) is 110 cm³/mol. The molecular weight excluding hydrogens is 386 g/mol. The van der Waals surface area contributed by atoms with Gasteiger partial charge >= 0.3 is 6.16 Å². The Morgan fingerprint density at radius 3 is 2.87 bits per heavy atom. The average Bonchev–Trinajstić information content (AvgIpc) is 3.09. The number of carbonyl (C=O) groups excluding carboxylic acids is 2. The van der Waals surface area contributed by atoms with Crippen molar-refractivity contribution in [3.63, 3.8) is 0 Å². The van der Waals surface area contributed by atoms with Crippen molar-refractivity contribution in [2.24, 2.45) is 11.8 Å². The number of carbonyl (C=O) groups is 2. The molecule has 1 saturated carbocycles. The van der Waals surface area contributed by atoms with Crippen LogP contribution < -0.4 is 9.47 Å². The summed E-state index contributed by atoms with van der Waals surface area (Å²) >= 11 is 0. The van der Waals surface area contributed by atoms with Gasteiger partial charge < -0.3 is 18.9 Å². The van der Waals surface area contributed by atoms with Gasteiger partial charge in [0.2, 0.25) is 0 Å². The minimum absolute atomic E-state index is 0.145. The Hall–Kier alpha value is -2.28. The molecule has 2 aliphatic carbocycles. The van der Waals surface area contributed by atoms with Crippen molar-refractivity contribution in [1.29, 1.82) is 0 Å². The van der Waals surface area contributed by atoms with Crippen LogP contribution in [0.2, 0.25) is 0 Å². The van der Waals surface area contributed by atoms with Crippen molar-refractivity contribution in [3.8, 4) is 11.5 Å².